The van der Waals surface area contributed by atoms with E-state index in [4.69, 9.17) is 9.84 Å². The van der Waals surface area contributed by atoms with Gasteiger partial charge in [-0.15, -0.1) is 0 Å². The van der Waals surface area contributed by atoms with Crippen LogP contribution in [0.2, 0.25) is 0 Å². The summed E-state index contributed by atoms with van der Waals surface area (Å²) in [6.45, 7) is 3.03. The fourth-order valence-electron chi connectivity index (χ4n) is 1.21. The van der Waals surface area contributed by atoms with Crippen molar-refractivity contribution in [3.63, 3.8) is 0 Å². The van der Waals surface area contributed by atoms with Gasteiger partial charge in [0.25, 0.3) is 5.91 Å². The number of aromatic carboxylic acids is 1. The maximum atomic E-state index is 13.4. The maximum Gasteiger partial charge on any atom is 0.340 e. The predicted molar refractivity (Wildman–Crippen MR) is 63.1 cm³/mol. The fourth-order valence-corrected chi connectivity index (χ4v) is 1.21. The fraction of sp³-hybridized carbons (Fsp3) is 0.333. The lowest BCUT2D eigenvalue weighted by molar-refractivity contribution is -0.133. The monoisotopic (exact) mass is 255 g/mol. The zero-order chi connectivity index (χ0) is 13.9. The van der Waals surface area contributed by atoms with Crippen molar-refractivity contribution in [2.75, 3.05) is 12.4 Å². The molecule has 0 heterocycles. The van der Waals surface area contributed by atoms with Crippen molar-refractivity contribution >= 4 is 17.6 Å². The second kappa shape index (κ2) is 5.14. The van der Waals surface area contributed by atoms with E-state index in [2.05, 4.69) is 5.32 Å². The number of benzene rings is 1. The largest absolute Gasteiger partial charge is 0.478 e. The molecule has 5 nitrogen and oxygen atoms in total. The molecule has 0 aliphatic carbocycles. The van der Waals surface area contributed by atoms with Gasteiger partial charge >= 0.3 is 5.97 Å². The highest BCUT2D eigenvalue weighted by Gasteiger charge is 2.28. The summed E-state index contributed by atoms with van der Waals surface area (Å²) in [5.74, 6) is -2.91. The summed E-state index contributed by atoms with van der Waals surface area (Å²) < 4.78 is 18.3. The van der Waals surface area contributed by atoms with Gasteiger partial charge in [-0.1, -0.05) is 6.07 Å². The molecule has 0 saturated carbocycles. The summed E-state index contributed by atoms with van der Waals surface area (Å²) >= 11 is 0. The number of methoxy groups -OCH3 is 1. The molecule has 0 aliphatic rings. The Hall–Kier alpha value is -1.95. The number of anilines is 1. The van der Waals surface area contributed by atoms with Crippen molar-refractivity contribution in [2.45, 2.75) is 19.4 Å². The topological polar surface area (TPSA) is 75.6 Å². The molecule has 0 radical (unpaired) electrons. The molecule has 98 valence electrons. The second-order valence-electron chi connectivity index (χ2n) is 4.14. The van der Waals surface area contributed by atoms with E-state index in [0.717, 1.165) is 6.07 Å². The first-order chi connectivity index (χ1) is 8.29. The highest BCUT2D eigenvalue weighted by molar-refractivity contribution is 6.03. The van der Waals surface area contributed by atoms with Crippen molar-refractivity contribution in [3.05, 3.63) is 29.6 Å². The third-order valence-electron chi connectivity index (χ3n) is 2.53. The molecule has 1 amide bonds. The van der Waals surface area contributed by atoms with Crippen molar-refractivity contribution < 1.29 is 23.8 Å². The summed E-state index contributed by atoms with van der Waals surface area (Å²) in [5.41, 5.74) is -1.81. The van der Waals surface area contributed by atoms with Crippen LogP contribution in [0.4, 0.5) is 10.1 Å². The van der Waals surface area contributed by atoms with Gasteiger partial charge in [-0.3, -0.25) is 4.79 Å². The highest BCUT2D eigenvalue weighted by Crippen LogP contribution is 2.21. The molecule has 0 aromatic heterocycles. The van der Waals surface area contributed by atoms with Crippen LogP contribution in [0.1, 0.15) is 24.2 Å². The molecular formula is C12H14FNO4. The number of carboxylic acids is 1. The van der Waals surface area contributed by atoms with Gasteiger partial charge in [-0.25, -0.2) is 9.18 Å². The van der Waals surface area contributed by atoms with Gasteiger partial charge in [0.1, 0.15) is 17.0 Å². The molecule has 0 spiro atoms. The van der Waals surface area contributed by atoms with E-state index >= 15 is 0 Å². The number of carbonyl (C=O) groups excluding carboxylic acids is 1. The third kappa shape index (κ3) is 2.84. The lowest BCUT2D eigenvalue weighted by Gasteiger charge is -2.22. The van der Waals surface area contributed by atoms with Crippen molar-refractivity contribution in [1.29, 1.82) is 0 Å². The van der Waals surface area contributed by atoms with Crippen LogP contribution < -0.4 is 5.32 Å². The van der Waals surface area contributed by atoms with Crippen LogP contribution in [-0.2, 0) is 9.53 Å². The molecule has 6 heteroatoms. The summed E-state index contributed by atoms with van der Waals surface area (Å²) in [4.78, 5) is 22.7. The van der Waals surface area contributed by atoms with Gasteiger partial charge in [-0.05, 0) is 26.0 Å². The number of nitrogens with one attached hydrogen (secondary N) is 1. The standard InChI is InChI=1S/C12H14FNO4/c1-12(2,18-3)11(17)14-8-6-4-5-7(13)9(8)10(15)16/h4-6H,1-3H3,(H,14,17)(H,15,16). The average Bonchev–Trinajstić information content (AvgIpc) is 2.28. The van der Waals surface area contributed by atoms with Crippen LogP contribution in [0, 0.1) is 5.82 Å². The number of hydrogen-bond acceptors (Lipinski definition) is 3. The van der Waals surface area contributed by atoms with Gasteiger partial charge in [0.2, 0.25) is 0 Å². The van der Waals surface area contributed by atoms with Crippen LogP contribution in [0.5, 0.6) is 0 Å². The molecule has 18 heavy (non-hydrogen) atoms. The van der Waals surface area contributed by atoms with Gasteiger partial charge in [0.15, 0.2) is 0 Å². The van der Waals surface area contributed by atoms with Crippen LogP contribution in [0.3, 0.4) is 0 Å². The number of carboxylic acid groups (broad SMARTS) is 1. The SMILES string of the molecule is COC(C)(C)C(=O)Nc1cccc(F)c1C(=O)O. The van der Waals surface area contributed by atoms with Gasteiger partial charge in [0, 0.05) is 7.11 Å². The Labute approximate surface area is 104 Å². The molecule has 0 aliphatic heterocycles. The first-order valence-corrected chi connectivity index (χ1v) is 5.18. The first-order valence-electron chi connectivity index (χ1n) is 5.18. The number of amides is 1. The van der Waals surface area contributed by atoms with Crippen LogP contribution in [0.25, 0.3) is 0 Å². The van der Waals surface area contributed by atoms with E-state index in [1.54, 1.807) is 0 Å². The Morgan fingerprint density at radius 3 is 2.50 bits per heavy atom. The van der Waals surface area contributed by atoms with Crippen molar-refractivity contribution in [1.82, 2.24) is 0 Å². The predicted octanol–water partition coefficient (Wildman–Crippen LogP) is 1.89. The van der Waals surface area contributed by atoms with Crippen LogP contribution >= 0.6 is 0 Å². The minimum Gasteiger partial charge on any atom is -0.478 e. The molecule has 0 atom stereocenters. The van der Waals surface area contributed by atoms with E-state index in [-0.39, 0.29) is 5.69 Å². The lowest BCUT2D eigenvalue weighted by atomic mass is 10.1. The zero-order valence-electron chi connectivity index (χ0n) is 10.3. The number of rotatable bonds is 4. The minimum absolute atomic E-state index is 0.0994. The van der Waals surface area contributed by atoms with Crippen molar-refractivity contribution in [3.8, 4) is 0 Å². The summed E-state index contributed by atoms with van der Waals surface area (Å²) in [6, 6.07) is 3.65. The summed E-state index contributed by atoms with van der Waals surface area (Å²) in [5, 5.41) is 11.2. The minimum atomic E-state index is -1.45. The number of hydrogen-bond donors (Lipinski definition) is 2. The molecular weight excluding hydrogens is 241 g/mol. The van der Waals surface area contributed by atoms with E-state index in [1.807, 2.05) is 0 Å². The van der Waals surface area contributed by atoms with Gasteiger partial charge in [-0.2, -0.15) is 0 Å². The summed E-state index contributed by atoms with van der Waals surface area (Å²) in [6.07, 6.45) is 0. The highest BCUT2D eigenvalue weighted by atomic mass is 19.1. The van der Waals surface area contributed by atoms with E-state index in [0.29, 0.717) is 0 Å². The van der Waals surface area contributed by atoms with E-state index < -0.39 is 28.9 Å². The number of carbonyl (C=O) groups is 2. The quantitative estimate of drug-likeness (QED) is 0.861. The van der Waals surface area contributed by atoms with Crippen LogP contribution in [0.15, 0.2) is 18.2 Å². The number of halogens is 1. The Balaban J connectivity index is 3.09. The lowest BCUT2D eigenvalue weighted by Crippen LogP contribution is -2.39. The number of ether oxygens (including phenoxy) is 1. The van der Waals surface area contributed by atoms with Gasteiger partial charge in [0.05, 0.1) is 5.69 Å². The Bertz CT molecular complexity index is 485. The molecule has 1 aromatic rings. The zero-order valence-corrected chi connectivity index (χ0v) is 10.3. The smallest absolute Gasteiger partial charge is 0.340 e. The van der Waals surface area contributed by atoms with E-state index in [9.17, 15) is 14.0 Å². The second-order valence-corrected chi connectivity index (χ2v) is 4.14. The van der Waals surface area contributed by atoms with Crippen molar-refractivity contribution in [2.24, 2.45) is 0 Å². The molecule has 1 aromatic carbocycles. The van der Waals surface area contributed by atoms with Crippen LogP contribution in [-0.4, -0.2) is 29.7 Å². The first kappa shape index (κ1) is 14.1. The van der Waals surface area contributed by atoms with Gasteiger partial charge < -0.3 is 15.2 Å². The maximum absolute atomic E-state index is 13.4. The molecule has 0 fully saturated rings. The summed E-state index contributed by atoms with van der Waals surface area (Å²) in [7, 11) is 1.35. The molecule has 2 N–H and O–H groups in total. The van der Waals surface area contributed by atoms with E-state index in [1.165, 1.54) is 33.1 Å². The Kier molecular flexibility index (Phi) is 4.03. The molecule has 0 saturated heterocycles. The normalized spacial score (nSPS) is 11.1. The molecule has 0 unspecified atom stereocenters. The molecule has 1 rings (SSSR count). The molecule has 0 bridgehead atoms. The third-order valence-corrected chi connectivity index (χ3v) is 2.53. The Morgan fingerprint density at radius 1 is 1.39 bits per heavy atom. The Morgan fingerprint density at radius 2 is 2.00 bits per heavy atom. The average molecular weight is 255 g/mol.